The average Bonchev–Trinajstić information content (AvgIpc) is 2.91. The van der Waals surface area contributed by atoms with Crippen LogP contribution in [-0.2, 0) is 10.4 Å². The highest BCUT2D eigenvalue weighted by atomic mass is 79.9. The Hall–Kier alpha value is -2.32. The van der Waals surface area contributed by atoms with Gasteiger partial charge in [-0.15, -0.1) is 4.59 Å². The van der Waals surface area contributed by atoms with Gasteiger partial charge in [-0.1, -0.05) is 47.6 Å². The first-order valence-electron chi connectivity index (χ1n) is 8.81. The fourth-order valence-corrected chi connectivity index (χ4v) is 4.84. The molecule has 1 amide bonds. The molecule has 0 aromatic heterocycles. The number of likely N-dealkylation sites (N-methyl/N-ethyl adjacent to an activating group) is 1. The number of fused-ring (bicyclic) bond motifs is 1. The summed E-state index contributed by atoms with van der Waals surface area (Å²) in [6.45, 7) is 0. The third kappa shape index (κ3) is 3.05. The molecule has 1 heterocycles. The molecule has 7 heteroatoms. The predicted octanol–water partition coefficient (Wildman–Crippen LogP) is 4.66. The Balaban J connectivity index is 1.85. The molecule has 2 N–H and O–H groups in total. The van der Waals surface area contributed by atoms with Crippen molar-refractivity contribution in [3.8, 4) is 5.75 Å². The number of rotatable bonds is 3. The third-order valence-electron chi connectivity index (χ3n) is 5.14. The summed E-state index contributed by atoms with van der Waals surface area (Å²) in [7, 11) is 1.66. The van der Waals surface area contributed by atoms with Crippen molar-refractivity contribution in [3.63, 3.8) is 0 Å². The van der Waals surface area contributed by atoms with Crippen LogP contribution in [0.5, 0.6) is 5.75 Å². The normalized spacial score (nSPS) is 23.5. The number of quaternary nitrogens is 1. The first-order chi connectivity index (χ1) is 13.8. The van der Waals surface area contributed by atoms with E-state index in [2.05, 4.69) is 37.0 Å². The Morgan fingerprint density at radius 1 is 1.00 bits per heavy atom. The predicted molar refractivity (Wildman–Crippen MR) is 120 cm³/mol. The number of benzene rings is 3. The molecule has 0 aliphatic carbocycles. The zero-order valence-corrected chi connectivity index (χ0v) is 18.6. The Bertz CT molecular complexity index is 1130. The van der Waals surface area contributed by atoms with Crippen molar-refractivity contribution in [2.45, 2.75) is 5.60 Å². The summed E-state index contributed by atoms with van der Waals surface area (Å²) in [5.41, 5.74) is 0.520. The molecule has 0 saturated carbocycles. The molecule has 1 aliphatic rings. The summed E-state index contributed by atoms with van der Waals surface area (Å²) < 4.78 is 0.576. The van der Waals surface area contributed by atoms with Crippen LogP contribution in [0.2, 0.25) is 0 Å². The average molecular weight is 517 g/mol. The second kappa shape index (κ2) is 7.18. The van der Waals surface area contributed by atoms with Gasteiger partial charge in [-0.25, -0.2) is 4.79 Å². The molecule has 0 bridgehead atoms. The van der Waals surface area contributed by atoms with Gasteiger partial charge < -0.3 is 10.2 Å². The zero-order valence-electron chi connectivity index (χ0n) is 15.4. The van der Waals surface area contributed by atoms with E-state index in [1.54, 1.807) is 67.9 Å². The number of aliphatic hydroxyl groups is 1. The number of carbonyl (C=O) groups excluding carboxylic acids is 1. The molecular weight excluding hydrogens is 500 g/mol. The maximum atomic E-state index is 13.6. The highest BCUT2D eigenvalue weighted by Crippen LogP contribution is 2.48. The van der Waals surface area contributed by atoms with Gasteiger partial charge in [0.25, 0.3) is 0 Å². The van der Waals surface area contributed by atoms with E-state index in [-0.39, 0.29) is 5.75 Å². The van der Waals surface area contributed by atoms with Crippen LogP contribution in [0.3, 0.4) is 0 Å². The summed E-state index contributed by atoms with van der Waals surface area (Å²) in [6, 6.07) is 19.5. The Morgan fingerprint density at radius 2 is 1.59 bits per heavy atom. The van der Waals surface area contributed by atoms with Gasteiger partial charge in [0, 0.05) is 17.2 Å². The molecule has 146 valence electrons. The first-order valence-corrected chi connectivity index (χ1v) is 10.4. The zero-order chi connectivity index (χ0) is 20.8. The summed E-state index contributed by atoms with van der Waals surface area (Å²) in [5.74, 6) is -0.373. The quantitative estimate of drug-likeness (QED) is 0.392. The number of amides is 1. The minimum absolute atomic E-state index is 0.0867. The molecule has 0 saturated heterocycles. The number of nitrogens with zero attached hydrogens (tertiary/aromatic N) is 2. The number of phenols is 1. The van der Waals surface area contributed by atoms with Crippen molar-refractivity contribution in [3.05, 3.63) is 92.4 Å². The SMILES string of the molecule is C[N+]1(/N=C/c2cc(Br)c(O)c(Br)c2)C(=O)C(O)(c2ccccc2)c2ccccc21. The number of aromatic hydroxyl groups is 1. The lowest BCUT2D eigenvalue weighted by Crippen LogP contribution is -2.50. The van der Waals surface area contributed by atoms with E-state index in [1.807, 2.05) is 12.1 Å². The lowest BCUT2D eigenvalue weighted by Gasteiger charge is -2.23. The van der Waals surface area contributed by atoms with Gasteiger partial charge in [0.2, 0.25) is 5.60 Å². The molecule has 3 aromatic carbocycles. The van der Waals surface area contributed by atoms with Crippen LogP contribution in [0.1, 0.15) is 16.7 Å². The molecule has 0 spiro atoms. The summed E-state index contributed by atoms with van der Waals surface area (Å²) in [5, 5.41) is 26.0. The number of phenolic OH excluding ortho intramolecular Hbond substituents is 1. The second-order valence-electron chi connectivity index (χ2n) is 6.94. The van der Waals surface area contributed by atoms with Crippen LogP contribution in [0.25, 0.3) is 0 Å². The Morgan fingerprint density at radius 3 is 2.24 bits per heavy atom. The Labute approximate surface area is 184 Å². The smallest absolute Gasteiger partial charge is 0.386 e. The summed E-state index contributed by atoms with van der Waals surface area (Å²) in [6.07, 6.45) is 1.56. The third-order valence-corrected chi connectivity index (χ3v) is 6.35. The molecule has 5 nitrogen and oxygen atoms in total. The highest BCUT2D eigenvalue weighted by Gasteiger charge is 2.62. The van der Waals surface area contributed by atoms with Crippen molar-refractivity contribution in [1.29, 1.82) is 0 Å². The van der Waals surface area contributed by atoms with Crippen LogP contribution < -0.4 is 4.59 Å². The number of hydrogen-bond donors (Lipinski definition) is 2. The maximum absolute atomic E-state index is 13.6. The highest BCUT2D eigenvalue weighted by molar-refractivity contribution is 9.11. The van der Waals surface area contributed by atoms with Crippen molar-refractivity contribution in [2.75, 3.05) is 7.05 Å². The topological polar surface area (TPSA) is 69.9 Å². The first kappa shape index (κ1) is 20.0. The molecular formula is C22H17Br2N2O3+. The van der Waals surface area contributed by atoms with Gasteiger partial charge in [0.1, 0.15) is 12.8 Å². The lowest BCUT2D eigenvalue weighted by molar-refractivity contribution is -0.142. The summed E-state index contributed by atoms with van der Waals surface area (Å²) >= 11 is 6.59. The van der Waals surface area contributed by atoms with E-state index in [1.165, 1.54) is 0 Å². The minimum Gasteiger partial charge on any atom is -0.506 e. The summed E-state index contributed by atoms with van der Waals surface area (Å²) in [4.78, 5) is 13.6. The van der Waals surface area contributed by atoms with E-state index >= 15 is 0 Å². The minimum atomic E-state index is -1.79. The Kier molecular flexibility index (Phi) is 4.94. The second-order valence-corrected chi connectivity index (χ2v) is 8.64. The van der Waals surface area contributed by atoms with Crippen molar-refractivity contribution >= 4 is 49.7 Å². The van der Waals surface area contributed by atoms with Crippen LogP contribution >= 0.6 is 31.9 Å². The van der Waals surface area contributed by atoms with Crippen molar-refractivity contribution in [2.24, 2.45) is 5.10 Å². The van der Waals surface area contributed by atoms with E-state index < -0.39 is 16.1 Å². The van der Waals surface area contributed by atoms with Crippen molar-refractivity contribution < 1.29 is 15.0 Å². The molecule has 0 radical (unpaired) electrons. The van der Waals surface area contributed by atoms with E-state index in [0.717, 1.165) is 0 Å². The maximum Gasteiger partial charge on any atom is 0.386 e. The fourth-order valence-electron chi connectivity index (χ4n) is 3.61. The van der Waals surface area contributed by atoms with Crippen LogP contribution in [0.15, 0.2) is 80.8 Å². The van der Waals surface area contributed by atoms with Gasteiger partial charge in [-0.3, -0.25) is 0 Å². The number of para-hydroxylation sites is 1. The van der Waals surface area contributed by atoms with Gasteiger partial charge in [0.15, 0.2) is 5.69 Å². The fraction of sp³-hybridized carbons (Fsp3) is 0.0909. The number of carbonyl (C=O) groups is 1. The molecule has 3 aromatic rings. The molecule has 29 heavy (non-hydrogen) atoms. The molecule has 2 atom stereocenters. The van der Waals surface area contributed by atoms with Gasteiger partial charge >= 0.3 is 5.91 Å². The molecule has 1 aliphatic heterocycles. The van der Waals surface area contributed by atoms with Crippen LogP contribution in [0.4, 0.5) is 5.69 Å². The van der Waals surface area contributed by atoms with Gasteiger partial charge in [-0.2, -0.15) is 0 Å². The lowest BCUT2D eigenvalue weighted by atomic mass is 9.88. The van der Waals surface area contributed by atoms with Gasteiger partial charge in [0.05, 0.1) is 20.7 Å². The van der Waals surface area contributed by atoms with Crippen LogP contribution in [-0.4, -0.2) is 29.4 Å². The molecule has 0 fully saturated rings. The number of halogens is 2. The van der Waals surface area contributed by atoms with Crippen molar-refractivity contribution in [1.82, 2.24) is 4.59 Å². The van der Waals surface area contributed by atoms with Gasteiger partial charge in [-0.05, 0) is 50.1 Å². The standard InChI is InChI=1S/C22H16Br2N2O3/c1-26(25-13-14-11-17(23)20(27)18(24)12-14)19-10-6-5-9-16(19)22(29,21(26)28)15-7-3-2-4-8-15/h2-13,29H,1H3/p+1. The molecule has 2 unspecified atom stereocenters. The van der Waals surface area contributed by atoms with E-state index in [9.17, 15) is 15.0 Å². The van der Waals surface area contributed by atoms with E-state index in [4.69, 9.17) is 0 Å². The largest absolute Gasteiger partial charge is 0.506 e. The van der Waals surface area contributed by atoms with Crippen LogP contribution in [0, 0.1) is 0 Å². The monoisotopic (exact) mass is 515 g/mol. The number of hydrogen-bond acceptors (Lipinski definition) is 4. The van der Waals surface area contributed by atoms with E-state index in [0.29, 0.717) is 31.3 Å². The molecule has 4 rings (SSSR count).